The molecule has 2 heteroatoms. The number of nitrogens with one attached hydrogen (secondary N) is 1. The molecule has 1 aliphatic carbocycles. The highest BCUT2D eigenvalue weighted by atomic mass is 15.1. The molecule has 78 valence electrons. The van der Waals surface area contributed by atoms with Crippen LogP contribution in [0, 0.1) is 11.8 Å². The van der Waals surface area contributed by atoms with Crippen LogP contribution in [0.25, 0.3) is 0 Å². The van der Waals surface area contributed by atoms with Crippen molar-refractivity contribution < 1.29 is 0 Å². The molecular weight excluding hydrogens is 160 g/mol. The van der Waals surface area contributed by atoms with Gasteiger partial charge < -0.3 is 10.2 Å². The first kappa shape index (κ1) is 11.0. The van der Waals surface area contributed by atoms with Gasteiger partial charge in [0.15, 0.2) is 0 Å². The third-order valence-corrected chi connectivity index (χ3v) is 3.08. The van der Waals surface area contributed by atoms with Crippen LogP contribution in [0.2, 0.25) is 0 Å². The summed E-state index contributed by atoms with van der Waals surface area (Å²) in [5.74, 6) is 1.91. The van der Waals surface area contributed by atoms with Gasteiger partial charge in [-0.25, -0.2) is 0 Å². The van der Waals surface area contributed by atoms with E-state index in [-0.39, 0.29) is 0 Å². The summed E-state index contributed by atoms with van der Waals surface area (Å²) in [4.78, 5) is 2.32. The van der Waals surface area contributed by atoms with Gasteiger partial charge in [-0.2, -0.15) is 0 Å². The van der Waals surface area contributed by atoms with Crippen molar-refractivity contribution in [2.75, 3.05) is 34.2 Å². The van der Waals surface area contributed by atoms with Crippen molar-refractivity contribution in [3.8, 4) is 0 Å². The maximum Gasteiger partial charge on any atom is 0.000356 e. The van der Waals surface area contributed by atoms with Crippen molar-refractivity contribution in [2.24, 2.45) is 11.8 Å². The summed E-state index contributed by atoms with van der Waals surface area (Å²) in [7, 11) is 6.42. The molecule has 1 N–H and O–H groups in total. The van der Waals surface area contributed by atoms with E-state index in [1.54, 1.807) is 0 Å². The lowest BCUT2D eigenvalue weighted by molar-refractivity contribution is 0.221. The van der Waals surface area contributed by atoms with Gasteiger partial charge in [0.1, 0.15) is 0 Å². The van der Waals surface area contributed by atoms with Crippen molar-refractivity contribution in [2.45, 2.75) is 25.7 Å². The number of hydrogen-bond donors (Lipinski definition) is 1. The van der Waals surface area contributed by atoms with E-state index in [0.29, 0.717) is 0 Å². The molecule has 1 rings (SSSR count). The summed E-state index contributed by atoms with van der Waals surface area (Å²) in [6.45, 7) is 2.50. The molecular formula is C11H24N2. The van der Waals surface area contributed by atoms with Crippen LogP contribution in [0.1, 0.15) is 25.7 Å². The fourth-order valence-corrected chi connectivity index (χ4v) is 2.42. The van der Waals surface area contributed by atoms with E-state index in [9.17, 15) is 0 Å². The van der Waals surface area contributed by atoms with Crippen LogP contribution in [0.5, 0.6) is 0 Å². The molecule has 0 amide bonds. The highest BCUT2D eigenvalue weighted by Gasteiger charge is 2.20. The Bertz CT molecular complexity index is 126. The van der Waals surface area contributed by atoms with Crippen LogP contribution in [-0.4, -0.2) is 39.1 Å². The maximum atomic E-state index is 3.28. The molecule has 2 nitrogen and oxygen atoms in total. The lowest BCUT2D eigenvalue weighted by Gasteiger charge is -2.30. The van der Waals surface area contributed by atoms with E-state index in [1.807, 2.05) is 0 Å². The van der Waals surface area contributed by atoms with Gasteiger partial charge in [0.05, 0.1) is 0 Å². The molecule has 1 saturated carbocycles. The van der Waals surface area contributed by atoms with E-state index in [2.05, 4.69) is 31.4 Å². The monoisotopic (exact) mass is 184 g/mol. The Labute approximate surface area is 82.7 Å². The van der Waals surface area contributed by atoms with E-state index in [0.717, 1.165) is 11.8 Å². The van der Waals surface area contributed by atoms with Gasteiger partial charge in [0, 0.05) is 6.54 Å². The minimum Gasteiger partial charge on any atom is -0.319 e. The number of rotatable bonds is 4. The van der Waals surface area contributed by atoms with Crippen LogP contribution in [-0.2, 0) is 0 Å². The first-order valence-corrected chi connectivity index (χ1v) is 5.51. The Morgan fingerprint density at radius 3 is 2.08 bits per heavy atom. The van der Waals surface area contributed by atoms with Crippen LogP contribution >= 0.6 is 0 Å². The molecule has 0 aromatic heterocycles. The Kier molecular flexibility index (Phi) is 4.74. The zero-order valence-electron chi connectivity index (χ0n) is 9.34. The van der Waals surface area contributed by atoms with Gasteiger partial charge in [-0.05, 0) is 65.2 Å². The third-order valence-electron chi connectivity index (χ3n) is 3.08. The predicted octanol–water partition coefficient (Wildman–Crippen LogP) is 1.57. The Morgan fingerprint density at radius 2 is 1.62 bits per heavy atom. The van der Waals surface area contributed by atoms with Gasteiger partial charge in [-0.15, -0.1) is 0 Å². The molecule has 0 radical (unpaired) electrons. The molecule has 0 aromatic carbocycles. The molecule has 0 spiro atoms. The van der Waals surface area contributed by atoms with E-state index < -0.39 is 0 Å². The Morgan fingerprint density at radius 1 is 1.08 bits per heavy atom. The largest absolute Gasteiger partial charge is 0.319 e. The summed E-state index contributed by atoms with van der Waals surface area (Å²) in [5, 5.41) is 3.28. The normalized spacial score (nSPS) is 29.5. The van der Waals surface area contributed by atoms with Gasteiger partial charge >= 0.3 is 0 Å². The average Bonchev–Trinajstić information content (AvgIpc) is 2.08. The van der Waals surface area contributed by atoms with Gasteiger partial charge in [-0.1, -0.05) is 0 Å². The fourth-order valence-electron chi connectivity index (χ4n) is 2.42. The summed E-state index contributed by atoms with van der Waals surface area (Å²) in [6.07, 6.45) is 5.73. The van der Waals surface area contributed by atoms with Crippen molar-refractivity contribution in [3.05, 3.63) is 0 Å². The summed E-state index contributed by atoms with van der Waals surface area (Å²) in [5.41, 5.74) is 0. The average molecular weight is 184 g/mol. The van der Waals surface area contributed by atoms with Crippen molar-refractivity contribution in [3.63, 3.8) is 0 Å². The number of hydrogen-bond acceptors (Lipinski definition) is 2. The lowest BCUT2D eigenvalue weighted by atomic mass is 9.82. The molecule has 0 aliphatic heterocycles. The molecule has 0 atom stereocenters. The molecule has 13 heavy (non-hydrogen) atoms. The maximum absolute atomic E-state index is 3.28. The molecule has 0 saturated heterocycles. The van der Waals surface area contributed by atoms with Gasteiger partial charge in [-0.3, -0.25) is 0 Å². The fraction of sp³-hybridized carbons (Fsp3) is 1.00. The second kappa shape index (κ2) is 5.61. The van der Waals surface area contributed by atoms with Crippen LogP contribution in [0.15, 0.2) is 0 Å². The molecule has 0 heterocycles. The zero-order chi connectivity index (χ0) is 9.68. The number of nitrogens with zero attached hydrogens (tertiary/aromatic N) is 1. The topological polar surface area (TPSA) is 15.3 Å². The van der Waals surface area contributed by atoms with Crippen LogP contribution in [0.4, 0.5) is 0 Å². The highest BCUT2D eigenvalue weighted by molar-refractivity contribution is 4.74. The predicted molar refractivity (Wildman–Crippen MR) is 57.9 cm³/mol. The summed E-state index contributed by atoms with van der Waals surface area (Å²) in [6, 6.07) is 0. The van der Waals surface area contributed by atoms with Crippen LogP contribution < -0.4 is 5.32 Å². The third kappa shape index (κ3) is 4.10. The van der Waals surface area contributed by atoms with Crippen molar-refractivity contribution in [1.29, 1.82) is 0 Å². The second-order valence-corrected chi connectivity index (χ2v) is 4.71. The molecule has 1 fully saturated rings. The first-order valence-electron chi connectivity index (χ1n) is 5.51. The molecule has 1 aliphatic rings. The van der Waals surface area contributed by atoms with Crippen molar-refractivity contribution >= 4 is 0 Å². The standard InChI is InChI=1S/C11H24N2/c1-12-8-10-4-6-11(7-5-10)9-13(2)3/h10-12H,4-9H2,1-3H3. The Balaban J connectivity index is 2.15. The van der Waals surface area contributed by atoms with E-state index in [1.165, 1.54) is 38.8 Å². The molecule has 0 aromatic rings. The SMILES string of the molecule is CNCC1CCC(CN(C)C)CC1. The zero-order valence-corrected chi connectivity index (χ0v) is 9.34. The minimum absolute atomic E-state index is 0.948. The van der Waals surface area contributed by atoms with E-state index >= 15 is 0 Å². The molecule has 0 unspecified atom stereocenters. The van der Waals surface area contributed by atoms with Crippen molar-refractivity contribution in [1.82, 2.24) is 10.2 Å². The minimum atomic E-state index is 0.948. The second-order valence-electron chi connectivity index (χ2n) is 4.71. The molecule has 0 bridgehead atoms. The smallest absolute Gasteiger partial charge is 0.000356 e. The Hall–Kier alpha value is -0.0800. The summed E-state index contributed by atoms with van der Waals surface area (Å²) >= 11 is 0. The quantitative estimate of drug-likeness (QED) is 0.713. The van der Waals surface area contributed by atoms with Crippen LogP contribution in [0.3, 0.4) is 0 Å². The lowest BCUT2D eigenvalue weighted by Crippen LogP contribution is -2.28. The first-order chi connectivity index (χ1) is 6.22. The summed E-state index contributed by atoms with van der Waals surface area (Å²) < 4.78 is 0. The van der Waals surface area contributed by atoms with E-state index in [4.69, 9.17) is 0 Å². The van der Waals surface area contributed by atoms with Gasteiger partial charge in [0.25, 0.3) is 0 Å². The van der Waals surface area contributed by atoms with Gasteiger partial charge in [0.2, 0.25) is 0 Å². The highest BCUT2D eigenvalue weighted by Crippen LogP contribution is 2.28.